The minimum Gasteiger partial charge on any atom is -0.316 e. The molecule has 0 aromatic heterocycles. The third-order valence-corrected chi connectivity index (χ3v) is 4.12. The summed E-state index contributed by atoms with van der Waals surface area (Å²) in [5, 5.41) is 9.28. The number of benzene rings is 1. The molecule has 1 atom stereocenters. The summed E-state index contributed by atoms with van der Waals surface area (Å²) in [5.74, 6) is -0.543. The fraction of sp³-hybridized carbons (Fsp3) is 0.529. The van der Waals surface area contributed by atoms with E-state index in [0.717, 1.165) is 19.3 Å². The molecule has 0 fully saturated rings. The summed E-state index contributed by atoms with van der Waals surface area (Å²) >= 11 is 0. The second kappa shape index (κ2) is 8.06. The maximum absolute atomic E-state index is 12.3. The molecule has 2 amide bonds. The lowest BCUT2D eigenvalue weighted by molar-refractivity contribution is 0.0561. The van der Waals surface area contributed by atoms with Crippen LogP contribution in [0, 0.1) is 0 Å². The summed E-state index contributed by atoms with van der Waals surface area (Å²) in [6.45, 7) is 2.37. The van der Waals surface area contributed by atoms with Crippen LogP contribution in [0.3, 0.4) is 0 Å². The van der Waals surface area contributed by atoms with Gasteiger partial charge in [-0.1, -0.05) is 51.2 Å². The van der Waals surface area contributed by atoms with Gasteiger partial charge in [0.25, 0.3) is 11.8 Å². The number of carbonyl (C=O) groups is 2. The summed E-state index contributed by atoms with van der Waals surface area (Å²) < 4.78 is 0. The van der Waals surface area contributed by atoms with Crippen molar-refractivity contribution < 1.29 is 14.8 Å². The monoisotopic (exact) mass is 304 g/mol. The molecular weight excluding hydrogens is 280 g/mol. The van der Waals surface area contributed by atoms with Crippen molar-refractivity contribution in [3.05, 3.63) is 35.4 Å². The van der Waals surface area contributed by atoms with Gasteiger partial charge in [-0.05, 0) is 18.6 Å². The van der Waals surface area contributed by atoms with Crippen LogP contribution in [0.5, 0.6) is 0 Å². The van der Waals surface area contributed by atoms with Crippen molar-refractivity contribution in [1.82, 2.24) is 10.4 Å². The SMILES string of the molecule is CCCCCCCC(CN1C(=O)c2ccccc2C1=O)NO. The zero-order valence-corrected chi connectivity index (χ0v) is 13.0. The number of carbonyl (C=O) groups excluding carboxylic acids is 2. The topological polar surface area (TPSA) is 69.6 Å². The minimum absolute atomic E-state index is 0.205. The number of hydrogen-bond donors (Lipinski definition) is 2. The predicted octanol–water partition coefficient (Wildman–Crippen LogP) is 2.99. The highest BCUT2D eigenvalue weighted by atomic mass is 16.5. The van der Waals surface area contributed by atoms with Gasteiger partial charge in [0, 0.05) is 6.54 Å². The van der Waals surface area contributed by atoms with Gasteiger partial charge in [0.1, 0.15) is 0 Å². The average Bonchev–Trinajstić information content (AvgIpc) is 2.78. The molecule has 0 aliphatic carbocycles. The molecule has 0 bridgehead atoms. The van der Waals surface area contributed by atoms with Crippen LogP contribution >= 0.6 is 0 Å². The maximum atomic E-state index is 12.3. The second-order valence-electron chi connectivity index (χ2n) is 5.80. The molecule has 22 heavy (non-hydrogen) atoms. The molecule has 2 N–H and O–H groups in total. The van der Waals surface area contributed by atoms with E-state index in [4.69, 9.17) is 0 Å². The van der Waals surface area contributed by atoms with Crippen molar-refractivity contribution >= 4 is 11.8 Å². The summed E-state index contributed by atoms with van der Waals surface area (Å²) in [4.78, 5) is 25.8. The lowest BCUT2D eigenvalue weighted by Gasteiger charge is -2.21. The molecule has 1 aromatic carbocycles. The molecule has 1 aliphatic heterocycles. The Morgan fingerprint density at radius 1 is 1.05 bits per heavy atom. The first-order valence-electron chi connectivity index (χ1n) is 8.03. The summed E-state index contributed by atoms with van der Waals surface area (Å²) in [6.07, 6.45) is 6.41. The van der Waals surface area contributed by atoms with Gasteiger partial charge in [-0.2, -0.15) is 0 Å². The molecule has 0 saturated heterocycles. The molecule has 0 radical (unpaired) electrons. The molecule has 1 aromatic rings. The first kappa shape index (κ1) is 16.6. The van der Waals surface area contributed by atoms with Crippen LogP contribution in [0.4, 0.5) is 0 Å². The Kier molecular flexibility index (Phi) is 6.10. The summed E-state index contributed by atoms with van der Waals surface area (Å²) in [5.41, 5.74) is 3.14. The number of hydrogen-bond acceptors (Lipinski definition) is 4. The Morgan fingerprint density at radius 3 is 2.18 bits per heavy atom. The average molecular weight is 304 g/mol. The maximum Gasteiger partial charge on any atom is 0.261 e. The first-order valence-corrected chi connectivity index (χ1v) is 8.03. The van der Waals surface area contributed by atoms with Crippen LogP contribution in [0.15, 0.2) is 24.3 Å². The summed E-state index contributed by atoms with van der Waals surface area (Å²) in [6, 6.07) is 6.57. The fourth-order valence-electron chi connectivity index (χ4n) is 2.82. The molecule has 1 heterocycles. The molecule has 0 spiro atoms. The molecule has 5 heteroatoms. The molecular formula is C17H24N2O3. The third-order valence-electron chi connectivity index (χ3n) is 4.12. The van der Waals surface area contributed by atoms with Gasteiger partial charge in [0.05, 0.1) is 17.2 Å². The van der Waals surface area contributed by atoms with Crippen LogP contribution in [-0.2, 0) is 0 Å². The van der Waals surface area contributed by atoms with E-state index in [2.05, 4.69) is 12.4 Å². The first-order chi connectivity index (χ1) is 10.7. The minimum atomic E-state index is -0.274. The van der Waals surface area contributed by atoms with Crippen molar-refractivity contribution in [3.63, 3.8) is 0 Å². The number of amides is 2. The van der Waals surface area contributed by atoms with E-state index in [1.165, 1.54) is 24.2 Å². The Labute approximate surface area is 131 Å². The number of imide groups is 1. The Hall–Kier alpha value is -1.72. The van der Waals surface area contributed by atoms with Crippen molar-refractivity contribution in [3.8, 4) is 0 Å². The van der Waals surface area contributed by atoms with Crippen LogP contribution in [-0.4, -0.2) is 34.5 Å². The Bertz CT molecular complexity index is 495. The van der Waals surface area contributed by atoms with Gasteiger partial charge in [0.15, 0.2) is 0 Å². The number of nitrogens with zero attached hydrogens (tertiary/aromatic N) is 1. The van der Waals surface area contributed by atoms with Gasteiger partial charge in [-0.15, -0.1) is 0 Å². The van der Waals surface area contributed by atoms with E-state index in [1.807, 2.05) is 0 Å². The Balaban J connectivity index is 1.89. The summed E-state index contributed by atoms with van der Waals surface area (Å²) in [7, 11) is 0. The zero-order chi connectivity index (χ0) is 15.9. The zero-order valence-electron chi connectivity index (χ0n) is 13.0. The largest absolute Gasteiger partial charge is 0.316 e. The highest BCUT2D eigenvalue weighted by Crippen LogP contribution is 2.23. The standard InChI is InChI=1S/C17H24N2O3/c1-2-3-4-5-6-9-13(18-22)12-19-16(20)14-10-7-8-11-15(14)17(19)21/h7-8,10-11,13,18,22H,2-6,9,12H2,1H3. The number of unbranched alkanes of at least 4 members (excludes halogenated alkanes) is 4. The van der Waals surface area contributed by atoms with Crippen LogP contribution < -0.4 is 5.48 Å². The fourth-order valence-corrected chi connectivity index (χ4v) is 2.82. The molecule has 5 nitrogen and oxygen atoms in total. The Morgan fingerprint density at radius 2 is 1.64 bits per heavy atom. The predicted molar refractivity (Wildman–Crippen MR) is 83.9 cm³/mol. The van der Waals surface area contributed by atoms with Crippen LogP contribution in [0.1, 0.15) is 66.2 Å². The van der Waals surface area contributed by atoms with E-state index in [-0.39, 0.29) is 24.4 Å². The number of fused-ring (bicyclic) bond motifs is 1. The van der Waals surface area contributed by atoms with Crippen molar-refractivity contribution in [2.24, 2.45) is 0 Å². The van der Waals surface area contributed by atoms with E-state index < -0.39 is 0 Å². The third kappa shape index (κ3) is 3.72. The number of hydroxylamine groups is 1. The lowest BCUT2D eigenvalue weighted by Crippen LogP contribution is -2.42. The van der Waals surface area contributed by atoms with Gasteiger partial charge >= 0.3 is 0 Å². The highest BCUT2D eigenvalue weighted by Gasteiger charge is 2.36. The molecule has 1 unspecified atom stereocenters. The van der Waals surface area contributed by atoms with E-state index in [1.54, 1.807) is 24.3 Å². The lowest BCUT2D eigenvalue weighted by atomic mass is 10.1. The van der Waals surface area contributed by atoms with Gasteiger partial charge in [-0.3, -0.25) is 14.5 Å². The van der Waals surface area contributed by atoms with Gasteiger partial charge < -0.3 is 5.21 Å². The number of rotatable bonds is 9. The van der Waals surface area contributed by atoms with Crippen molar-refractivity contribution in [2.75, 3.05) is 6.54 Å². The van der Waals surface area contributed by atoms with E-state index >= 15 is 0 Å². The second-order valence-corrected chi connectivity index (χ2v) is 5.80. The van der Waals surface area contributed by atoms with Crippen molar-refractivity contribution in [2.45, 2.75) is 51.5 Å². The normalized spacial score (nSPS) is 15.3. The van der Waals surface area contributed by atoms with E-state index in [9.17, 15) is 14.8 Å². The van der Waals surface area contributed by atoms with E-state index in [0.29, 0.717) is 11.1 Å². The van der Waals surface area contributed by atoms with Crippen LogP contribution in [0.2, 0.25) is 0 Å². The van der Waals surface area contributed by atoms with Gasteiger partial charge in [0.2, 0.25) is 0 Å². The van der Waals surface area contributed by atoms with Gasteiger partial charge in [-0.25, -0.2) is 5.48 Å². The highest BCUT2D eigenvalue weighted by molar-refractivity contribution is 6.21. The van der Waals surface area contributed by atoms with Crippen LogP contribution in [0.25, 0.3) is 0 Å². The quantitative estimate of drug-likeness (QED) is 0.418. The molecule has 120 valence electrons. The van der Waals surface area contributed by atoms with Crippen molar-refractivity contribution in [1.29, 1.82) is 0 Å². The molecule has 2 rings (SSSR count). The molecule has 1 aliphatic rings. The molecule has 0 saturated carbocycles. The smallest absolute Gasteiger partial charge is 0.261 e. The number of nitrogens with one attached hydrogen (secondary N) is 1.